The minimum absolute atomic E-state index is 0.505. The Morgan fingerprint density at radius 3 is 2.32 bits per heavy atom. The van der Waals surface area contributed by atoms with Gasteiger partial charge in [-0.1, -0.05) is 0 Å². The number of nitrogens with zero attached hydrogens (tertiary/aromatic N) is 1. The Labute approximate surface area is 118 Å². The Bertz CT molecular complexity index is 475. The summed E-state index contributed by atoms with van der Waals surface area (Å²) in [4.78, 5) is 25.9. The minimum Gasteiger partial charge on any atom is -0.444 e. The number of thiophene rings is 1. The summed E-state index contributed by atoms with van der Waals surface area (Å²) < 4.78 is 5.32. The third-order valence-corrected chi connectivity index (χ3v) is 4.16. The first-order valence-electron chi connectivity index (χ1n) is 6.09. The van der Waals surface area contributed by atoms with Crippen LogP contribution in [0.15, 0.2) is 11.4 Å². The molecule has 19 heavy (non-hydrogen) atoms. The average Bonchev–Trinajstić information content (AvgIpc) is 2.71. The molecule has 106 valence electrons. The van der Waals surface area contributed by atoms with Gasteiger partial charge in [-0.15, -0.1) is 11.3 Å². The van der Waals surface area contributed by atoms with Crippen LogP contribution in [0, 0.1) is 6.92 Å². The van der Waals surface area contributed by atoms with Crippen molar-refractivity contribution in [2.24, 2.45) is 0 Å². The van der Waals surface area contributed by atoms with Gasteiger partial charge in [0.25, 0.3) is 0 Å². The molecule has 1 unspecified atom stereocenters. The zero-order valence-corrected chi connectivity index (χ0v) is 13.1. The highest BCUT2D eigenvalue weighted by Gasteiger charge is 2.38. The smallest absolute Gasteiger partial charge is 0.411 e. The second-order valence-corrected chi connectivity index (χ2v) is 6.65. The zero-order valence-electron chi connectivity index (χ0n) is 12.3. The molecule has 0 saturated heterocycles. The van der Waals surface area contributed by atoms with E-state index in [2.05, 4.69) is 0 Å². The molecule has 0 N–H and O–H groups in total. The average molecular weight is 283 g/mol. The molecule has 1 rings (SSSR count). The first-order valence-corrected chi connectivity index (χ1v) is 6.97. The van der Waals surface area contributed by atoms with Crippen LogP contribution in [0.2, 0.25) is 0 Å². The van der Waals surface area contributed by atoms with Gasteiger partial charge < -0.3 is 9.53 Å². The number of likely N-dealkylation sites (N-methyl/N-ethyl adjacent to an activating group) is 1. The summed E-state index contributed by atoms with van der Waals surface area (Å²) in [5.74, 6) is 0. The van der Waals surface area contributed by atoms with Crippen LogP contribution >= 0.6 is 11.3 Å². The summed E-state index contributed by atoms with van der Waals surface area (Å²) in [5, 5.41) is 1.91. The number of carbonyl (C=O) groups is 2. The second-order valence-electron chi connectivity index (χ2n) is 5.74. The monoisotopic (exact) mass is 283 g/mol. The highest BCUT2D eigenvalue weighted by atomic mass is 32.1. The van der Waals surface area contributed by atoms with E-state index in [4.69, 9.17) is 4.74 Å². The van der Waals surface area contributed by atoms with Crippen molar-refractivity contribution in [3.63, 3.8) is 0 Å². The standard InChI is InChI=1S/C14H21NO3S/c1-10-7-8-19-11(10)14(5,9-16)15(6)12(17)18-13(2,3)4/h7-9H,1-6H3. The van der Waals surface area contributed by atoms with Gasteiger partial charge in [-0.2, -0.15) is 0 Å². The summed E-state index contributed by atoms with van der Waals surface area (Å²) in [6, 6.07) is 1.94. The van der Waals surface area contributed by atoms with Gasteiger partial charge in [0, 0.05) is 11.9 Å². The zero-order chi connectivity index (χ0) is 14.8. The van der Waals surface area contributed by atoms with E-state index in [0.717, 1.165) is 16.7 Å². The number of rotatable bonds is 3. The lowest BCUT2D eigenvalue weighted by Gasteiger charge is -2.35. The maximum atomic E-state index is 12.1. The van der Waals surface area contributed by atoms with E-state index in [9.17, 15) is 9.59 Å². The molecule has 0 bridgehead atoms. The van der Waals surface area contributed by atoms with Crippen molar-refractivity contribution in [3.8, 4) is 0 Å². The third kappa shape index (κ3) is 3.35. The van der Waals surface area contributed by atoms with Crippen molar-refractivity contribution in [3.05, 3.63) is 21.9 Å². The molecule has 1 aromatic heterocycles. The van der Waals surface area contributed by atoms with Crippen LogP contribution in [0.25, 0.3) is 0 Å². The van der Waals surface area contributed by atoms with Gasteiger partial charge in [0.2, 0.25) is 0 Å². The molecule has 1 amide bonds. The number of amides is 1. The lowest BCUT2D eigenvalue weighted by atomic mass is 9.98. The maximum absolute atomic E-state index is 12.1. The lowest BCUT2D eigenvalue weighted by Crippen LogP contribution is -2.48. The van der Waals surface area contributed by atoms with Crippen molar-refractivity contribution in [2.45, 2.75) is 45.8 Å². The fraction of sp³-hybridized carbons (Fsp3) is 0.571. The molecule has 1 aromatic rings. The molecule has 0 aliphatic rings. The van der Waals surface area contributed by atoms with Crippen LogP contribution in [0.5, 0.6) is 0 Å². The molecule has 0 aliphatic carbocycles. The lowest BCUT2D eigenvalue weighted by molar-refractivity contribution is -0.117. The van der Waals surface area contributed by atoms with Crippen LogP contribution in [-0.2, 0) is 15.1 Å². The molecule has 0 aromatic carbocycles. The first-order chi connectivity index (χ1) is 8.62. The van der Waals surface area contributed by atoms with Crippen LogP contribution < -0.4 is 0 Å². The van der Waals surface area contributed by atoms with E-state index in [-0.39, 0.29) is 0 Å². The summed E-state index contributed by atoms with van der Waals surface area (Å²) in [7, 11) is 1.58. The molecule has 0 spiro atoms. The van der Waals surface area contributed by atoms with Gasteiger partial charge in [0.15, 0.2) is 6.29 Å². The Hall–Kier alpha value is -1.36. The Morgan fingerprint density at radius 2 is 1.95 bits per heavy atom. The van der Waals surface area contributed by atoms with Gasteiger partial charge >= 0.3 is 6.09 Å². The number of ether oxygens (including phenoxy) is 1. The van der Waals surface area contributed by atoms with E-state index < -0.39 is 17.2 Å². The molecule has 0 fully saturated rings. The van der Waals surface area contributed by atoms with E-state index in [1.165, 1.54) is 16.2 Å². The quantitative estimate of drug-likeness (QED) is 0.799. The van der Waals surface area contributed by atoms with E-state index in [1.54, 1.807) is 34.7 Å². The van der Waals surface area contributed by atoms with E-state index in [0.29, 0.717) is 0 Å². The molecular weight excluding hydrogens is 262 g/mol. The molecule has 1 heterocycles. The number of aldehydes is 1. The fourth-order valence-electron chi connectivity index (χ4n) is 1.70. The van der Waals surface area contributed by atoms with Gasteiger partial charge in [-0.3, -0.25) is 4.90 Å². The minimum atomic E-state index is -0.999. The molecular formula is C14H21NO3S. The van der Waals surface area contributed by atoms with Gasteiger partial charge in [-0.25, -0.2) is 4.79 Å². The maximum Gasteiger partial charge on any atom is 0.411 e. The van der Waals surface area contributed by atoms with Crippen molar-refractivity contribution in [1.29, 1.82) is 0 Å². The summed E-state index contributed by atoms with van der Waals surface area (Å²) in [6.45, 7) is 9.05. The third-order valence-electron chi connectivity index (χ3n) is 2.92. The topological polar surface area (TPSA) is 46.6 Å². The molecule has 1 atom stereocenters. The number of hydrogen-bond acceptors (Lipinski definition) is 4. The molecule has 0 aliphatic heterocycles. The number of aryl methyl sites for hydroxylation is 1. The fourth-order valence-corrected chi connectivity index (χ4v) is 2.78. The molecule has 5 heteroatoms. The highest BCUT2D eigenvalue weighted by Crippen LogP contribution is 2.33. The van der Waals surface area contributed by atoms with Crippen molar-refractivity contribution < 1.29 is 14.3 Å². The van der Waals surface area contributed by atoms with Gasteiger partial charge in [-0.05, 0) is 51.6 Å². The molecule has 0 saturated carbocycles. The van der Waals surface area contributed by atoms with E-state index in [1.807, 2.05) is 18.4 Å². The van der Waals surface area contributed by atoms with Crippen LogP contribution in [0.4, 0.5) is 4.79 Å². The summed E-state index contributed by atoms with van der Waals surface area (Å²) >= 11 is 1.46. The largest absolute Gasteiger partial charge is 0.444 e. The molecule has 0 radical (unpaired) electrons. The summed E-state index contributed by atoms with van der Waals surface area (Å²) in [6.07, 6.45) is 0.283. The highest BCUT2D eigenvalue weighted by molar-refractivity contribution is 7.10. The Balaban J connectivity index is 3.06. The summed E-state index contributed by atoms with van der Waals surface area (Å²) in [5.41, 5.74) is -0.588. The second kappa shape index (κ2) is 5.33. The van der Waals surface area contributed by atoms with Crippen LogP contribution in [-0.4, -0.2) is 29.9 Å². The first kappa shape index (κ1) is 15.7. The Morgan fingerprint density at radius 1 is 1.37 bits per heavy atom. The molecule has 4 nitrogen and oxygen atoms in total. The van der Waals surface area contributed by atoms with E-state index >= 15 is 0 Å². The Kier molecular flexibility index (Phi) is 4.40. The van der Waals surface area contributed by atoms with Crippen molar-refractivity contribution >= 4 is 23.7 Å². The number of hydrogen-bond donors (Lipinski definition) is 0. The van der Waals surface area contributed by atoms with Crippen molar-refractivity contribution in [2.75, 3.05) is 7.05 Å². The SMILES string of the molecule is Cc1ccsc1C(C)(C=O)N(C)C(=O)OC(C)(C)C. The predicted molar refractivity (Wildman–Crippen MR) is 76.5 cm³/mol. The number of carbonyl (C=O) groups excluding carboxylic acids is 2. The van der Waals surface area contributed by atoms with Gasteiger partial charge in [0.1, 0.15) is 11.1 Å². The van der Waals surface area contributed by atoms with Gasteiger partial charge in [0.05, 0.1) is 0 Å². The predicted octanol–water partition coefficient (Wildman–Crippen LogP) is 3.34. The normalized spacial score (nSPS) is 14.6. The van der Waals surface area contributed by atoms with Crippen LogP contribution in [0.3, 0.4) is 0 Å². The van der Waals surface area contributed by atoms with Crippen LogP contribution in [0.1, 0.15) is 38.1 Å². The van der Waals surface area contributed by atoms with Crippen molar-refractivity contribution in [1.82, 2.24) is 4.90 Å².